The summed E-state index contributed by atoms with van der Waals surface area (Å²) in [6, 6.07) is 8.27. The SMILES string of the molecule is COc1cccc(CC2(CO)CCC(C(C)(C)C)CC2)c1. The lowest BCUT2D eigenvalue weighted by atomic mass is 9.62. The van der Waals surface area contributed by atoms with Crippen molar-refractivity contribution in [3.8, 4) is 5.75 Å². The summed E-state index contributed by atoms with van der Waals surface area (Å²) < 4.78 is 5.31. The molecule has 1 aliphatic rings. The van der Waals surface area contributed by atoms with Gasteiger partial charge in [-0.2, -0.15) is 0 Å². The van der Waals surface area contributed by atoms with Crippen LogP contribution >= 0.6 is 0 Å². The summed E-state index contributed by atoms with van der Waals surface area (Å²) in [6.45, 7) is 7.31. The maximum absolute atomic E-state index is 9.99. The zero-order valence-corrected chi connectivity index (χ0v) is 14.0. The van der Waals surface area contributed by atoms with E-state index in [4.69, 9.17) is 4.74 Å². The van der Waals surface area contributed by atoms with Crippen molar-refractivity contribution in [2.45, 2.75) is 52.9 Å². The predicted molar refractivity (Wildman–Crippen MR) is 87.6 cm³/mol. The lowest BCUT2D eigenvalue weighted by Gasteiger charge is -2.43. The predicted octanol–water partition coefficient (Wildman–Crippen LogP) is 4.45. The molecule has 0 spiro atoms. The third-order valence-electron chi connectivity index (χ3n) is 5.32. The zero-order valence-electron chi connectivity index (χ0n) is 14.0. The summed E-state index contributed by atoms with van der Waals surface area (Å²) in [5.74, 6) is 1.69. The minimum Gasteiger partial charge on any atom is -0.497 e. The van der Waals surface area contributed by atoms with E-state index in [1.165, 1.54) is 18.4 Å². The number of hydrogen-bond donors (Lipinski definition) is 1. The van der Waals surface area contributed by atoms with Gasteiger partial charge in [-0.05, 0) is 66.5 Å². The summed E-state index contributed by atoms with van der Waals surface area (Å²) in [5.41, 5.74) is 1.73. The average molecular weight is 290 g/mol. The van der Waals surface area contributed by atoms with Crippen LogP contribution in [0.1, 0.15) is 52.0 Å². The highest BCUT2D eigenvalue weighted by Gasteiger charge is 2.38. The van der Waals surface area contributed by atoms with E-state index in [1.807, 2.05) is 12.1 Å². The molecule has 0 heterocycles. The van der Waals surface area contributed by atoms with Crippen LogP contribution in [0.3, 0.4) is 0 Å². The van der Waals surface area contributed by atoms with Gasteiger partial charge in [-0.25, -0.2) is 0 Å². The molecular formula is C19H30O2. The van der Waals surface area contributed by atoms with Crippen LogP contribution in [0.25, 0.3) is 0 Å². The van der Waals surface area contributed by atoms with Gasteiger partial charge in [0.2, 0.25) is 0 Å². The molecule has 0 amide bonds. The summed E-state index contributed by atoms with van der Waals surface area (Å²) in [4.78, 5) is 0. The lowest BCUT2D eigenvalue weighted by Crippen LogP contribution is -2.36. The summed E-state index contributed by atoms with van der Waals surface area (Å²) in [6.07, 6.45) is 5.67. The lowest BCUT2D eigenvalue weighted by molar-refractivity contribution is 0.0369. The molecule has 1 saturated carbocycles. The van der Waals surface area contributed by atoms with E-state index in [0.717, 1.165) is 30.9 Å². The molecule has 21 heavy (non-hydrogen) atoms. The van der Waals surface area contributed by atoms with Crippen molar-refractivity contribution in [1.82, 2.24) is 0 Å². The van der Waals surface area contributed by atoms with Gasteiger partial charge in [0.25, 0.3) is 0 Å². The van der Waals surface area contributed by atoms with Crippen LogP contribution in [0.2, 0.25) is 0 Å². The smallest absolute Gasteiger partial charge is 0.119 e. The molecule has 1 aromatic rings. The molecule has 1 aliphatic carbocycles. The van der Waals surface area contributed by atoms with E-state index in [0.29, 0.717) is 12.0 Å². The van der Waals surface area contributed by atoms with Crippen LogP contribution in [-0.4, -0.2) is 18.8 Å². The molecule has 0 unspecified atom stereocenters. The normalized spacial score (nSPS) is 26.6. The molecule has 118 valence electrons. The maximum atomic E-state index is 9.99. The van der Waals surface area contributed by atoms with E-state index in [1.54, 1.807) is 7.11 Å². The highest BCUT2D eigenvalue weighted by Crippen LogP contribution is 2.46. The summed E-state index contributed by atoms with van der Waals surface area (Å²) in [7, 11) is 1.70. The molecule has 0 saturated heterocycles. The molecule has 0 aliphatic heterocycles. The second-order valence-electron chi connectivity index (χ2n) is 7.83. The standard InChI is InChI=1S/C19H30O2/c1-18(2,3)16-8-10-19(14-20,11-9-16)13-15-6-5-7-17(12-15)21-4/h5-7,12,16,20H,8-11,13-14H2,1-4H3. The average Bonchev–Trinajstić information content (AvgIpc) is 2.47. The Kier molecular flexibility index (Phi) is 4.98. The fourth-order valence-electron chi connectivity index (χ4n) is 3.70. The Hall–Kier alpha value is -1.02. The monoisotopic (exact) mass is 290 g/mol. The van der Waals surface area contributed by atoms with Crippen molar-refractivity contribution in [3.63, 3.8) is 0 Å². The molecule has 0 bridgehead atoms. The van der Waals surface area contributed by atoms with Crippen LogP contribution < -0.4 is 4.74 Å². The van der Waals surface area contributed by atoms with Gasteiger partial charge in [0, 0.05) is 6.61 Å². The molecule has 2 heteroatoms. The van der Waals surface area contributed by atoms with Crippen molar-refractivity contribution < 1.29 is 9.84 Å². The number of methoxy groups -OCH3 is 1. The first-order chi connectivity index (χ1) is 9.88. The number of hydrogen-bond acceptors (Lipinski definition) is 2. The van der Waals surface area contributed by atoms with Crippen molar-refractivity contribution in [1.29, 1.82) is 0 Å². The minimum absolute atomic E-state index is 0.0636. The number of ether oxygens (including phenoxy) is 1. The molecule has 1 fully saturated rings. The first-order valence-electron chi connectivity index (χ1n) is 8.12. The van der Waals surface area contributed by atoms with Crippen LogP contribution in [0.15, 0.2) is 24.3 Å². The Morgan fingerprint density at radius 1 is 1.24 bits per heavy atom. The molecule has 1 N–H and O–H groups in total. The fourth-order valence-corrected chi connectivity index (χ4v) is 3.70. The van der Waals surface area contributed by atoms with E-state index in [-0.39, 0.29) is 5.41 Å². The van der Waals surface area contributed by atoms with Crippen molar-refractivity contribution in [2.75, 3.05) is 13.7 Å². The van der Waals surface area contributed by atoms with Crippen LogP contribution in [-0.2, 0) is 6.42 Å². The maximum Gasteiger partial charge on any atom is 0.119 e. The summed E-state index contributed by atoms with van der Waals surface area (Å²) >= 11 is 0. The van der Waals surface area contributed by atoms with E-state index >= 15 is 0 Å². The fraction of sp³-hybridized carbons (Fsp3) is 0.684. The Morgan fingerprint density at radius 2 is 1.90 bits per heavy atom. The Labute approximate surface area is 129 Å². The van der Waals surface area contributed by atoms with E-state index < -0.39 is 0 Å². The largest absolute Gasteiger partial charge is 0.497 e. The Balaban J connectivity index is 2.06. The Morgan fingerprint density at radius 3 is 2.43 bits per heavy atom. The summed E-state index contributed by atoms with van der Waals surface area (Å²) in [5, 5.41) is 9.99. The van der Waals surface area contributed by atoms with Gasteiger partial charge in [-0.1, -0.05) is 32.9 Å². The molecular weight excluding hydrogens is 260 g/mol. The molecule has 1 aromatic carbocycles. The zero-order chi connectivity index (χ0) is 15.5. The second-order valence-corrected chi connectivity index (χ2v) is 7.83. The first kappa shape index (κ1) is 16.4. The molecule has 0 aromatic heterocycles. The number of aliphatic hydroxyl groups is 1. The third kappa shape index (κ3) is 4.00. The highest BCUT2D eigenvalue weighted by molar-refractivity contribution is 5.29. The Bertz CT molecular complexity index is 451. The van der Waals surface area contributed by atoms with Gasteiger partial charge >= 0.3 is 0 Å². The number of rotatable bonds is 4. The number of aliphatic hydroxyl groups excluding tert-OH is 1. The van der Waals surface area contributed by atoms with Gasteiger partial charge in [0.1, 0.15) is 5.75 Å². The highest BCUT2D eigenvalue weighted by atomic mass is 16.5. The van der Waals surface area contributed by atoms with Crippen molar-refractivity contribution >= 4 is 0 Å². The van der Waals surface area contributed by atoms with Crippen LogP contribution in [0.4, 0.5) is 0 Å². The van der Waals surface area contributed by atoms with Crippen molar-refractivity contribution in [3.05, 3.63) is 29.8 Å². The molecule has 2 nitrogen and oxygen atoms in total. The van der Waals surface area contributed by atoms with Gasteiger partial charge in [0.05, 0.1) is 7.11 Å². The van der Waals surface area contributed by atoms with Crippen molar-refractivity contribution in [2.24, 2.45) is 16.7 Å². The minimum atomic E-state index is 0.0636. The number of benzene rings is 1. The third-order valence-corrected chi connectivity index (χ3v) is 5.32. The van der Waals surface area contributed by atoms with Crippen LogP contribution in [0.5, 0.6) is 5.75 Å². The second kappa shape index (κ2) is 6.39. The van der Waals surface area contributed by atoms with E-state index in [9.17, 15) is 5.11 Å². The topological polar surface area (TPSA) is 29.5 Å². The van der Waals surface area contributed by atoms with Gasteiger partial charge in [-0.3, -0.25) is 0 Å². The van der Waals surface area contributed by atoms with Gasteiger partial charge in [-0.15, -0.1) is 0 Å². The van der Waals surface area contributed by atoms with Gasteiger partial charge < -0.3 is 9.84 Å². The van der Waals surface area contributed by atoms with E-state index in [2.05, 4.69) is 32.9 Å². The quantitative estimate of drug-likeness (QED) is 0.887. The van der Waals surface area contributed by atoms with Crippen LogP contribution in [0, 0.1) is 16.7 Å². The van der Waals surface area contributed by atoms with Gasteiger partial charge in [0.15, 0.2) is 0 Å². The molecule has 0 atom stereocenters. The molecule has 0 radical (unpaired) electrons. The first-order valence-corrected chi connectivity index (χ1v) is 8.12. The molecule has 2 rings (SSSR count).